The van der Waals surface area contributed by atoms with E-state index in [1.807, 2.05) is 54.0 Å². The van der Waals surface area contributed by atoms with Gasteiger partial charge in [0.05, 0.1) is 16.8 Å². The molecule has 0 saturated carbocycles. The zero-order valence-electron chi connectivity index (χ0n) is 16.1. The standard InChI is InChI=1S/C21H23ClN2O2S2/c1-4-26-11-10-24-18-9-8-16(22)13-19(18)28-21(24)23-20(25)15-6-5-7-17(12-15)27-14(2)3/h5-9,12-14H,4,10-11H2,1-3H3. The number of rotatable bonds is 7. The predicted molar refractivity (Wildman–Crippen MR) is 119 cm³/mol. The molecule has 0 aliphatic rings. The minimum absolute atomic E-state index is 0.242. The third-order valence-corrected chi connectivity index (χ3v) is 6.23. The molecule has 28 heavy (non-hydrogen) atoms. The fourth-order valence-corrected chi connectivity index (χ4v) is 5.00. The van der Waals surface area contributed by atoms with Crippen LogP contribution in [0, 0.1) is 0 Å². The van der Waals surface area contributed by atoms with E-state index in [2.05, 4.69) is 18.8 Å². The Morgan fingerprint density at radius 2 is 2.11 bits per heavy atom. The third-order valence-electron chi connectivity index (χ3n) is 3.96. The molecule has 1 amide bonds. The molecule has 3 rings (SSSR count). The molecule has 4 nitrogen and oxygen atoms in total. The molecule has 1 aromatic heterocycles. The Hall–Kier alpha value is -1.60. The van der Waals surface area contributed by atoms with Crippen LogP contribution in [0.2, 0.25) is 5.02 Å². The minimum Gasteiger partial charge on any atom is -0.380 e. The number of benzene rings is 2. The second kappa shape index (κ2) is 9.74. The number of ether oxygens (including phenoxy) is 1. The average Bonchev–Trinajstić information content (AvgIpc) is 2.98. The maximum Gasteiger partial charge on any atom is 0.279 e. The van der Waals surface area contributed by atoms with Crippen LogP contribution < -0.4 is 4.80 Å². The first-order valence-corrected chi connectivity index (χ1v) is 11.3. The molecular formula is C21H23ClN2O2S2. The predicted octanol–water partition coefficient (Wildman–Crippen LogP) is 5.63. The van der Waals surface area contributed by atoms with Gasteiger partial charge in [0.25, 0.3) is 5.91 Å². The molecular weight excluding hydrogens is 412 g/mol. The normalized spacial score (nSPS) is 12.2. The Morgan fingerprint density at radius 3 is 2.86 bits per heavy atom. The van der Waals surface area contributed by atoms with Gasteiger partial charge >= 0.3 is 0 Å². The summed E-state index contributed by atoms with van der Waals surface area (Å²) < 4.78 is 8.53. The van der Waals surface area contributed by atoms with Gasteiger partial charge in [0.1, 0.15) is 0 Å². The SMILES string of the molecule is CCOCCn1c(=NC(=O)c2cccc(SC(C)C)c2)sc2cc(Cl)ccc21. The monoisotopic (exact) mass is 434 g/mol. The Bertz CT molecular complexity index is 1040. The Balaban J connectivity index is 2.00. The van der Waals surface area contributed by atoms with Gasteiger partial charge in [0.15, 0.2) is 4.80 Å². The lowest BCUT2D eigenvalue weighted by Crippen LogP contribution is -2.19. The van der Waals surface area contributed by atoms with Crippen molar-refractivity contribution in [3.05, 3.63) is 57.9 Å². The number of amides is 1. The van der Waals surface area contributed by atoms with Gasteiger partial charge in [0.2, 0.25) is 0 Å². The highest BCUT2D eigenvalue weighted by molar-refractivity contribution is 7.99. The number of hydrogen-bond donors (Lipinski definition) is 0. The lowest BCUT2D eigenvalue weighted by Gasteiger charge is -2.06. The van der Waals surface area contributed by atoms with Crippen LogP contribution in [-0.2, 0) is 11.3 Å². The number of thioether (sulfide) groups is 1. The van der Waals surface area contributed by atoms with Crippen LogP contribution in [0.15, 0.2) is 52.4 Å². The van der Waals surface area contributed by atoms with Crippen LogP contribution in [0.25, 0.3) is 10.2 Å². The van der Waals surface area contributed by atoms with E-state index in [1.165, 1.54) is 11.3 Å². The summed E-state index contributed by atoms with van der Waals surface area (Å²) in [6, 6.07) is 13.4. The second-order valence-corrected chi connectivity index (χ2v) is 9.55. The van der Waals surface area contributed by atoms with Gasteiger partial charge in [-0.2, -0.15) is 4.99 Å². The van der Waals surface area contributed by atoms with Crippen LogP contribution >= 0.6 is 34.7 Å². The molecule has 0 aliphatic carbocycles. The van der Waals surface area contributed by atoms with Crippen molar-refractivity contribution in [2.24, 2.45) is 4.99 Å². The lowest BCUT2D eigenvalue weighted by molar-refractivity contribution is 0.0996. The molecule has 0 spiro atoms. The van der Waals surface area contributed by atoms with Crippen molar-refractivity contribution in [3.63, 3.8) is 0 Å². The van der Waals surface area contributed by atoms with E-state index in [0.29, 0.717) is 40.4 Å². The van der Waals surface area contributed by atoms with E-state index >= 15 is 0 Å². The van der Waals surface area contributed by atoms with Crippen molar-refractivity contribution in [1.29, 1.82) is 0 Å². The summed E-state index contributed by atoms with van der Waals surface area (Å²) in [5.74, 6) is -0.242. The van der Waals surface area contributed by atoms with E-state index in [9.17, 15) is 4.79 Å². The van der Waals surface area contributed by atoms with Crippen LogP contribution in [-0.4, -0.2) is 28.9 Å². The molecule has 0 aliphatic heterocycles. The van der Waals surface area contributed by atoms with E-state index in [0.717, 1.165) is 15.1 Å². The molecule has 0 unspecified atom stereocenters. The summed E-state index contributed by atoms with van der Waals surface area (Å²) in [5, 5.41) is 1.12. The molecule has 3 aromatic rings. The summed E-state index contributed by atoms with van der Waals surface area (Å²) in [6.45, 7) is 8.07. The summed E-state index contributed by atoms with van der Waals surface area (Å²) >= 11 is 9.34. The Morgan fingerprint density at radius 1 is 1.29 bits per heavy atom. The molecule has 0 saturated heterocycles. The highest BCUT2D eigenvalue weighted by atomic mass is 35.5. The van der Waals surface area contributed by atoms with E-state index < -0.39 is 0 Å². The van der Waals surface area contributed by atoms with Crippen LogP contribution in [0.3, 0.4) is 0 Å². The fourth-order valence-electron chi connectivity index (χ4n) is 2.77. The summed E-state index contributed by atoms with van der Waals surface area (Å²) in [6.07, 6.45) is 0. The van der Waals surface area contributed by atoms with Crippen LogP contribution in [0.5, 0.6) is 0 Å². The smallest absolute Gasteiger partial charge is 0.279 e. The number of thiazole rings is 1. The van der Waals surface area contributed by atoms with Crippen molar-refractivity contribution in [2.45, 2.75) is 37.5 Å². The minimum atomic E-state index is -0.242. The number of nitrogens with zero attached hydrogens (tertiary/aromatic N) is 2. The van der Waals surface area contributed by atoms with Gasteiger partial charge < -0.3 is 9.30 Å². The molecule has 0 radical (unpaired) electrons. The van der Waals surface area contributed by atoms with E-state index in [-0.39, 0.29) is 5.91 Å². The maximum atomic E-state index is 12.8. The summed E-state index contributed by atoms with van der Waals surface area (Å²) in [4.78, 5) is 19.0. The van der Waals surface area contributed by atoms with Gasteiger partial charge in [-0.05, 0) is 43.3 Å². The molecule has 0 atom stereocenters. The van der Waals surface area contributed by atoms with Crippen molar-refractivity contribution >= 4 is 50.8 Å². The van der Waals surface area contributed by atoms with Crippen LogP contribution in [0.4, 0.5) is 0 Å². The first-order valence-electron chi connectivity index (χ1n) is 9.20. The van der Waals surface area contributed by atoms with Crippen molar-refractivity contribution in [2.75, 3.05) is 13.2 Å². The van der Waals surface area contributed by atoms with Gasteiger partial charge in [-0.25, -0.2) is 0 Å². The molecule has 148 valence electrons. The summed E-state index contributed by atoms with van der Waals surface area (Å²) in [7, 11) is 0. The van der Waals surface area contributed by atoms with Crippen molar-refractivity contribution < 1.29 is 9.53 Å². The number of aromatic nitrogens is 1. The van der Waals surface area contributed by atoms with Gasteiger partial charge in [-0.3, -0.25) is 4.79 Å². The highest BCUT2D eigenvalue weighted by Crippen LogP contribution is 2.24. The number of hydrogen-bond acceptors (Lipinski definition) is 4. The van der Waals surface area contributed by atoms with E-state index in [4.69, 9.17) is 16.3 Å². The molecule has 0 fully saturated rings. The lowest BCUT2D eigenvalue weighted by atomic mass is 10.2. The zero-order chi connectivity index (χ0) is 20.1. The zero-order valence-corrected chi connectivity index (χ0v) is 18.5. The van der Waals surface area contributed by atoms with Gasteiger partial charge in [-0.15, -0.1) is 11.8 Å². The van der Waals surface area contributed by atoms with Gasteiger partial charge in [-0.1, -0.05) is 42.9 Å². The summed E-state index contributed by atoms with van der Waals surface area (Å²) in [5.41, 5.74) is 1.60. The van der Waals surface area contributed by atoms with Crippen LogP contribution in [0.1, 0.15) is 31.1 Å². The highest BCUT2D eigenvalue weighted by Gasteiger charge is 2.11. The molecule has 7 heteroatoms. The molecule has 1 heterocycles. The fraction of sp³-hybridized carbons (Fsp3) is 0.333. The third kappa shape index (κ3) is 5.26. The number of carbonyl (C=O) groups is 1. The first-order chi connectivity index (χ1) is 13.5. The topological polar surface area (TPSA) is 43.6 Å². The largest absolute Gasteiger partial charge is 0.380 e. The molecule has 0 N–H and O–H groups in total. The van der Waals surface area contributed by atoms with Crippen molar-refractivity contribution in [1.82, 2.24) is 4.57 Å². The number of halogens is 1. The van der Waals surface area contributed by atoms with E-state index in [1.54, 1.807) is 11.8 Å². The first kappa shape index (κ1) is 21.1. The molecule has 2 aromatic carbocycles. The average molecular weight is 435 g/mol. The molecule has 0 bridgehead atoms. The maximum absolute atomic E-state index is 12.8. The Kier molecular flexibility index (Phi) is 7.35. The number of carbonyl (C=O) groups excluding carboxylic acids is 1. The van der Waals surface area contributed by atoms with Crippen molar-refractivity contribution in [3.8, 4) is 0 Å². The Labute approximate surface area is 178 Å². The van der Waals surface area contributed by atoms with Gasteiger partial charge in [0, 0.05) is 33.9 Å². The number of fused-ring (bicyclic) bond motifs is 1. The quantitative estimate of drug-likeness (QED) is 0.357. The second-order valence-electron chi connectivity index (χ2n) is 6.46.